The zero-order valence-corrected chi connectivity index (χ0v) is 11.3. The molecular weight excluding hydrogens is 242 g/mol. The normalized spacial score (nSPS) is 11.6. The van der Waals surface area contributed by atoms with E-state index in [0.717, 1.165) is 0 Å². The minimum atomic E-state index is -0.545. The fourth-order valence-corrected chi connectivity index (χ4v) is 1.57. The summed E-state index contributed by atoms with van der Waals surface area (Å²) in [6.45, 7) is 8.73. The van der Waals surface area contributed by atoms with Crippen LogP contribution in [0.3, 0.4) is 0 Å². The van der Waals surface area contributed by atoms with Crippen LogP contribution in [-0.4, -0.2) is 22.4 Å². The van der Waals surface area contributed by atoms with Crippen molar-refractivity contribution in [1.29, 1.82) is 0 Å². The molecule has 6 heteroatoms. The summed E-state index contributed by atoms with van der Waals surface area (Å²) < 4.78 is 6.39. The summed E-state index contributed by atoms with van der Waals surface area (Å²) >= 11 is 5.96. The molecular formula is C11H18ClN3O2. The fourth-order valence-electron chi connectivity index (χ4n) is 1.35. The topological polar surface area (TPSA) is 70.1 Å². The first-order chi connectivity index (χ1) is 7.76. The standard InChI is InChI=1S/C11H18ClN3O2/c1-5-17-10(16)8-7(12)9(13)15(14-8)6-11(2,3)4/h5-6,13H2,1-4H3. The average molecular weight is 260 g/mol. The molecule has 0 unspecified atom stereocenters. The van der Waals surface area contributed by atoms with Crippen LogP contribution in [0.25, 0.3) is 0 Å². The zero-order valence-electron chi connectivity index (χ0n) is 10.6. The molecule has 0 saturated carbocycles. The second kappa shape index (κ2) is 4.96. The third kappa shape index (κ3) is 3.36. The van der Waals surface area contributed by atoms with Crippen molar-refractivity contribution in [2.45, 2.75) is 34.2 Å². The maximum Gasteiger partial charge on any atom is 0.360 e. The highest BCUT2D eigenvalue weighted by Gasteiger charge is 2.23. The lowest BCUT2D eigenvalue weighted by Crippen LogP contribution is -2.18. The highest BCUT2D eigenvalue weighted by Crippen LogP contribution is 2.26. The smallest absolute Gasteiger partial charge is 0.360 e. The highest BCUT2D eigenvalue weighted by atomic mass is 35.5. The van der Waals surface area contributed by atoms with E-state index in [1.54, 1.807) is 6.92 Å². The molecule has 0 spiro atoms. The van der Waals surface area contributed by atoms with E-state index in [0.29, 0.717) is 12.4 Å². The van der Waals surface area contributed by atoms with Crippen LogP contribution in [0, 0.1) is 5.41 Å². The van der Waals surface area contributed by atoms with E-state index in [4.69, 9.17) is 22.1 Å². The average Bonchev–Trinajstić information content (AvgIpc) is 2.44. The monoisotopic (exact) mass is 259 g/mol. The van der Waals surface area contributed by atoms with Crippen LogP contribution < -0.4 is 5.73 Å². The van der Waals surface area contributed by atoms with Gasteiger partial charge in [0.25, 0.3) is 0 Å². The van der Waals surface area contributed by atoms with Crippen molar-refractivity contribution < 1.29 is 9.53 Å². The van der Waals surface area contributed by atoms with E-state index in [1.807, 2.05) is 20.8 Å². The number of nitrogen functional groups attached to an aromatic ring is 1. The van der Waals surface area contributed by atoms with E-state index >= 15 is 0 Å². The molecule has 0 bridgehead atoms. The number of nitrogens with two attached hydrogens (primary N) is 1. The molecule has 1 aromatic rings. The third-order valence-corrected chi connectivity index (χ3v) is 2.40. The first-order valence-corrected chi connectivity index (χ1v) is 5.83. The number of hydrogen-bond acceptors (Lipinski definition) is 4. The largest absolute Gasteiger partial charge is 0.461 e. The summed E-state index contributed by atoms with van der Waals surface area (Å²) in [6, 6.07) is 0. The Kier molecular flexibility index (Phi) is 4.03. The Balaban J connectivity index is 3.04. The van der Waals surface area contributed by atoms with Crippen molar-refractivity contribution in [2.75, 3.05) is 12.3 Å². The van der Waals surface area contributed by atoms with E-state index in [2.05, 4.69) is 5.10 Å². The fraction of sp³-hybridized carbons (Fsp3) is 0.636. The second-order valence-corrected chi connectivity index (χ2v) is 5.36. The summed E-state index contributed by atoms with van der Waals surface area (Å²) in [5.41, 5.74) is 5.88. The van der Waals surface area contributed by atoms with Gasteiger partial charge in [0, 0.05) is 6.54 Å². The molecule has 0 atom stereocenters. The van der Waals surface area contributed by atoms with Crippen LogP contribution in [-0.2, 0) is 11.3 Å². The Morgan fingerprint density at radius 3 is 2.59 bits per heavy atom. The molecule has 0 amide bonds. The molecule has 0 fully saturated rings. The summed E-state index contributed by atoms with van der Waals surface area (Å²) in [5.74, 6) is -0.249. The number of ether oxygens (including phenoxy) is 1. The van der Waals surface area contributed by atoms with Gasteiger partial charge in [-0.25, -0.2) is 9.48 Å². The number of halogens is 1. The van der Waals surface area contributed by atoms with Gasteiger partial charge >= 0.3 is 5.97 Å². The summed E-state index contributed by atoms with van der Waals surface area (Å²) in [4.78, 5) is 11.6. The Hall–Kier alpha value is -1.23. The molecule has 1 aromatic heterocycles. The minimum absolute atomic E-state index is 0.00456. The Morgan fingerprint density at radius 1 is 1.53 bits per heavy atom. The molecule has 0 radical (unpaired) electrons. The van der Waals surface area contributed by atoms with Crippen LogP contribution in [0.4, 0.5) is 5.82 Å². The van der Waals surface area contributed by atoms with Crippen molar-refractivity contribution in [3.8, 4) is 0 Å². The first-order valence-electron chi connectivity index (χ1n) is 5.45. The quantitative estimate of drug-likeness (QED) is 0.846. The SMILES string of the molecule is CCOC(=O)c1nn(CC(C)(C)C)c(N)c1Cl. The lowest BCUT2D eigenvalue weighted by atomic mass is 9.97. The molecule has 17 heavy (non-hydrogen) atoms. The highest BCUT2D eigenvalue weighted by molar-refractivity contribution is 6.35. The molecule has 1 rings (SSSR count). The lowest BCUT2D eigenvalue weighted by molar-refractivity contribution is 0.0518. The van der Waals surface area contributed by atoms with Gasteiger partial charge in [-0.05, 0) is 12.3 Å². The molecule has 0 aromatic carbocycles. The Bertz CT molecular complexity index is 421. The predicted molar refractivity (Wildman–Crippen MR) is 67.1 cm³/mol. The van der Waals surface area contributed by atoms with Crippen LogP contribution >= 0.6 is 11.6 Å². The number of aromatic nitrogens is 2. The van der Waals surface area contributed by atoms with Gasteiger partial charge in [0.2, 0.25) is 0 Å². The third-order valence-electron chi connectivity index (χ3n) is 2.02. The summed E-state index contributed by atoms with van der Waals surface area (Å²) in [6.07, 6.45) is 0. The Labute approximate surface area is 106 Å². The molecule has 0 aliphatic heterocycles. The number of carbonyl (C=O) groups is 1. The van der Waals surface area contributed by atoms with E-state index < -0.39 is 5.97 Å². The molecule has 2 N–H and O–H groups in total. The van der Waals surface area contributed by atoms with E-state index in [9.17, 15) is 4.79 Å². The van der Waals surface area contributed by atoms with Gasteiger partial charge in [-0.3, -0.25) is 0 Å². The number of carbonyl (C=O) groups excluding carboxylic acids is 1. The lowest BCUT2D eigenvalue weighted by Gasteiger charge is -2.18. The molecule has 96 valence electrons. The van der Waals surface area contributed by atoms with Gasteiger partial charge in [0.05, 0.1) is 6.61 Å². The predicted octanol–water partition coefficient (Wildman–Crippen LogP) is 2.34. The molecule has 1 heterocycles. The van der Waals surface area contributed by atoms with Crippen molar-refractivity contribution in [3.63, 3.8) is 0 Å². The number of esters is 1. The molecule has 0 saturated heterocycles. The maximum atomic E-state index is 11.6. The van der Waals surface area contributed by atoms with Crippen LogP contribution in [0.2, 0.25) is 5.02 Å². The molecule has 5 nitrogen and oxygen atoms in total. The van der Waals surface area contributed by atoms with E-state index in [1.165, 1.54) is 4.68 Å². The minimum Gasteiger partial charge on any atom is -0.461 e. The zero-order chi connectivity index (χ0) is 13.2. The van der Waals surface area contributed by atoms with Crippen LogP contribution in [0.15, 0.2) is 0 Å². The molecule has 0 aliphatic carbocycles. The van der Waals surface area contributed by atoms with Gasteiger partial charge < -0.3 is 10.5 Å². The number of nitrogens with zero attached hydrogens (tertiary/aromatic N) is 2. The van der Waals surface area contributed by atoms with Crippen LogP contribution in [0.5, 0.6) is 0 Å². The van der Waals surface area contributed by atoms with Crippen molar-refractivity contribution >= 4 is 23.4 Å². The summed E-state index contributed by atoms with van der Waals surface area (Å²) in [7, 11) is 0. The van der Waals surface area contributed by atoms with Crippen molar-refractivity contribution in [2.24, 2.45) is 5.41 Å². The van der Waals surface area contributed by atoms with Gasteiger partial charge in [0.1, 0.15) is 10.8 Å². The molecule has 0 aliphatic rings. The number of rotatable bonds is 3. The Morgan fingerprint density at radius 2 is 2.12 bits per heavy atom. The maximum absolute atomic E-state index is 11.6. The van der Waals surface area contributed by atoms with Crippen LogP contribution in [0.1, 0.15) is 38.2 Å². The van der Waals surface area contributed by atoms with Crippen molar-refractivity contribution in [1.82, 2.24) is 9.78 Å². The second-order valence-electron chi connectivity index (χ2n) is 4.99. The summed E-state index contributed by atoms with van der Waals surface area (Å²) in [5, 5.41) is 4.26. The number of hydrogen-bond donors (Lipinski definition) is 1. The number of anilines is 1. The van der Waals surface area contributed by atoms with Crippen molar-refractivity contribution in [3.05, 3.63) is 10.7 Å². The van der Waals surface area contributed by atoms with Gasteiger partial charge in [0.15, 0.2) is 5.69 Å². The van der Waals surface area contributed by atoms with Gasteiger partial charge in [-0.2, -0.15) is 5.10 Å². The first kappa shape index (κ1) is 13.8. The van der Waals surface area contributed by atoms with E-state index in [-0.39, 0.29) is 22.7 Å². The van der Waals surface area contributed by atoms with Gasteiger partial charge in [-0.15, -0.1) is 0 Å². The van der Waals surface area contributed by atoms with Gasteiger partial charge in [-0.1, -0.05) is 32.4 Å².